The van der Waals surface area contributed by atoms with Crippen molar-refractivity contribution in [2.75, 3.05) is 13.1 Å². The lowest BCUT2D eigenvalue weighted by Gasteiger charge is -2.34. The summed E-state index contributed by atoms with van der Waals surface area (Å²) in [4.78, 5) is 2.83. The van der Waals surface area contributed by atoms with Gasteiger partial charge in [0, 0.05) is 53.6 Å². The van der Waals surface area contributed by atoms with Crippen molar-refractivity contribution >= 4 is 17.3 Å². The van der Waals surface area contributed by atoms with E-state index in [4.69, 9.17) is 11.6 Å². The van der Waals surface area contributed by atoms with Crippen LogP contribution in [0.3, 0.4) is 0 Å². The van der Waals surface area contributed by atoms with Crippen molar-refractivity contribution in [3.05, 3.63) is 34.5 Å². The standard InChI is InChI=1S/C36H58ClN2/c1-7-24-38-30-18-11-9-16-28(30)35(3,4)32(38)22-20-26-14-13-15-27(34(26)37)21-23-33-36(5,6)29-17-10-12-19-31(29)39(33)25-8-2/h20,22-23,27-31H,7-19,21,24-25H2,1-6H3/q+1/b22-20-,33-23+. The number of hydrogen-bond acceptors (Lipinski definition) is 1. The van der Waals surface area contributed by atoms with Crippen molar-refractivity contribution in [3.63, 3.8) is 0 Å². The normalized spacial score (nSPS) is 35.3. The van der Waals surface area contributed by atoms with E-state index in [1.165, 1.54) is 95.7 Å². The Morgan fingerprint density at radius 3 is 2.31 bits per heavy atom. The summed E-state index contributed by atoms with van der Waals surface area (Å²) in [6, 6.07) is 1.51. The Kier molecular flexibility index (Phi) is 9.12. The number of fused-ring (bicyclic) bond motifs is 2. The van der Waals surface area contributed by atoms with E-state index >= 15 is 0 Å². The average molecular weight is 554 g/mol. The molecule has 5 atom stereocenters. The minimum atomic E-state index is 0.260. The molecule has 0 aromatic rings. The van der Waals surface area contributed by atoms with E-state index in [1.54, 1.807) is 11.4 Å². The molecule has 0 aromatic carbocycles. The zero-order chi connectivity index (χ0) is 27.8. The van der Waals surface area contributed by atoms with E-state index in [1.807, 2.05) is 0 Å². The van der Waals surface area contributed by atoms with E-state index in [0.29, 0.717) is 5.92 Å². The maximum absolute atomic E-state index is 7.26. The predicted molar refractivity (Wildman–Crippen MR) is 169 cm³/mol. The van der Waals surface area contributed by atoms with Gasteiger partial charge in [-0.05, 0) is 89.0 Å². The SMILES string of the molecule is CCCN1/C(=C/CC2CCCC(/C=C\C3=[N+](CCC)C4CCCCC4C3(C)C)=C2Cl)C(C)(C)C2CCCCC21. The largest absolute Gasteiger partial charge is 0.371 e. The number of allylic oxidation sites excluding steroid dienone is 6. The molecule has 1 saturated heterocycles. The molecule has 0 spiro atoms. The van der Waals surface area contributed by atoms with Crippen molar-refractivity contribution in [1.29, 1.82) is 0 Å². The fraction of sp³-hybridized carbons (Fsp3) is 0.806. The number of halogens is 1. The maximum atomic E-state index is 7.26. The van der Waals surface area contributed by atoms with E-state index < -0.39 is 0 Å². The van der Waals surface area contributed by atoms with Gasteiger partial charge in [-0.25, -0.2) is 4.58 Å². The molecule has 0 aromatic heterocycles. The summed E-state index contributed by atoms with van der Waals surface area (Å²) in [7, 11) is 0. The minimum absolute atomic E-state index is 0.260. The summed E-state index contributed by atoms with van der Waals surface area (Å²) in [6.07, 6.45) is 25.9. The predicted octanol–water partition coefficient (Wildman–Crippen LogP) is 9.88. The topological polar surface area (TPSA) is 6.25 Å². The number of hydrogen-bond donors (Lipinski definition) is 0. The first-order valence-corrected chi connectivity index (χ1v) is 17.3. The second-order valence-corrected chi connectivity index (χ2v) is 15.2. The highest BCUT2D eigenvalue weighted by molar-refractivity contribution is 6.30. The Morgan fingerprint density at radius 1 is 0.846 bits per heavy atom. The highest BCUT2D eigenvalue weighted by atomic mass is 35.5. The van der Waals surface area contributed by atoms with Gasteiger partial charge in [0.1, 0.15) is 6.54 Å². The molecular formula is C36H58ClN2+. The minimum Gasteiger partial charge on any atom is -0.371 e. The molecule has 2 aliphatic heterocycles. The van der Waals surface area contributed by atoms with Gasteiger partial charge < -0.3 is 4.90 Å². The first-order chi connectivity index (χ1) is 18.7. The van der Waals surface area contributed by atoms with Gasteiger partial charge >= 0.3 is 0 Å². The van der Waals surface area contributed by atoms with Gasteiger partial charge in [-0.15, -0.1) is 0 Å². The second kappa shape index (κ2) is 12.1. The highest BCUT2D eigenvalue weighted by Gasteiger charge is 2.54. The number of rotatable bonds is 8. The Labute approximate surface area is 246 Å². The molecule has 5 aliphatic rings. The van der Waals surface area contributed by atoms with Gasteiger partial charge in [-0.1, -0.05) is 70.7 Å². The van der Waals surface area contributed by atoms with Gasteiger partial charge in [-0.3, -0.25) is 0 Å². The molecule has 2 nitrogen and oxygen atoms in total. The molecule has 0 amide bonds. The molecule has 3 aliphatic carbocycles. The molecule has 3 fully saturated rings. The molecule has 39 heavy (non-hydrogen) atoms. The Morgan fingerprint density at radius 2 is 1.56 bits per heavy atom. The monoisotopic (exact) mass is 553 g/mol. The van der Waals surface area contributed by atoms with Crippen molar-refractivity contribution in [2.45, 2.75) is 144 Å². The van der Waals surface area contributed by atoms with Crippen molar-refractivity contribution in [1.82, 2.24) is 4.90 Å². The van der Waals surface area contributed by atoms with Gasteiger partial charge in [0.2, 0.25) is 0 Å². The third kappa shape index (κ3) is 5.47. The average Bonchev–Trinajstić information content (AvgIpc) is 3.27. The summed E-state index contributed by atoms with van der Waals surface area (Å²) in [5.74, 6) is 2.10. The van der Waals surface area contributed by atoms with E-state index in [-0.39, 0.29) is 10.8 Å². The molecule has 0 bridgehead atoms. The molecule has 2 heterocycles. The van der Waals surface area contributed by atoms with Gasteiger partial charge in [0.05, 0.1) is 5.41 Å². The van der Waals surface area contributed by atoms with Crippen LogP contribution < -0.4 is 0 Å². The van der Waals surface area contributed by atoms with Crippen LogP contribution in [0.4, 0.5) is 0 Å². The van der Waals surface area contributed by atoms with Crippen LogP contribution in [0.25, 0.3) is 0 Å². The van der Waals surface area contributed by atoms with Crippen LogP contribution >= 0.6 is 11.6 Å². The van der Waals surface area contributed by atoms with Crippen LogP contribution in [0.15, 0.2) is 34.5 Å². The number of nitrogens with zero attached hydrogens (tertiary/aromatic N) is 2. The van der Waals surface area contributed by atoms with Crippen LogP contribution in [0.2, 0.25) is 0 Å². The highest BCUT2D eigenvalue weighted by Crippen LogP contribution is 2.54. The molecule has 5 unspecified atom stereocenters. The van der Waals surface area contributed by atoms with Crippen molar-refractivity contribution < 1.29 is 4.58 Å². The summed E-state index contributed by atoms with van der Waals surface area (Å²) in [6.45, 7) is 17.2. The van der Waals surface area contributed by atoms with Crippen LogP contribution in [0.5, 0.6) is 0 Å². The lowest BCUT2D eigenvalue weighted by Crippen LogP contribution is -2.35. The molecule has 0 N–H and O–H groups in total. The first kappa shape index (κ1) is 29.5. The van der Waals surface area contributed by atoms with Crippen LogP contribution in [0.1, 0.15) is 131 Å². The lowest BCUT2D eigenvalue weighted by atomic mass is 9.69. The van der Waals surface area contributed by atoms with Gasteiger partial charge in [0.25, 0.3) is 0 Å². The Bertz CT molecular complexity index is 1010. The molecule has 218 valence electrons. The quantitative estimate of drug-likeness (QED) is 0.271. The van der Waals surface area contributed by atoms with E-state index in [9.17, 15) is 0 Å². The fourth-order valence-corrected chi connectivity index (χ4v) is 10.1. The smallest absolute Gasteiger partial charge is 0.182 e. The van der Waals surface area contributed by atoms with Crippen LogP contribution in [-0.2, 0) is 0 Å². The molecule has 0 radical (unpaired) electrons. The van der Waals surface area contributed by atoms with Crippen LogP contribution in [0, 0.1) is 28.6 Å². The van der Waals surface area contributed by atoms with Gasteiger partial charge in [0.15, 0.2) is 11.8 Å². The summed E-state index contributed by atoms with van der Waals surface area (Å²) in [5, 5.41) is 1.15. The van der Waals surface area contributed by atoms with Crippen molar-refractivity contribution in [2.24, 2.45) is 28.6 Å². The third-order valence-electron chi connectivity index (χ3n) is 11.7. The molecule has 2 saturated carbocycles. The lowest BCUT2D eigenvalue weighted by molar-refractivity contribution is -0.566. The Balaban J connectivity index is 1.38. The first-order valence-electron chi connectivity index (χ1n) is 16.9. The van der Waals surface area contributed by atoms with Gasteiger partial charge in [-0.2, -0.15) is 0 Å². The molecule has 5 rings (SSSR count). The zero-order valence-electron chi connectivity index (χ0n) is 26.2. The summed E-state index contributed by atoms with van der Waals surface area (Å²) in [5.41, 5.74) is 5.17. The zero-order valence-corrected chi connectivity index (χ0v) is 27.0. The number of likely N-dealkylation sites (tertiary alicyclic amines) is 1. The fourth-order valence-electron chi connectivity index (χ4n) is 9.74. The molecular weight excluding hydrogens is 496 g/mol. The summed E-state index contributed by atoms with van der Waals surface area (Å²) < 4.78 is 2.80. The second-order valence-electron chi connectivity index (χ2n) is 14.8. The molecule has 3 heteroatoms. The maximum Gasteiger partial charge on any atom is 0.182 e. The van der Waals surface area contributed by atoms with E-state index in [2.05, 4.69) is 69.2 Å². The van der Waals surface area contributed by atoms with Crippen LogP contribution in [-0.4, -0.2) is 40.4 Å². The summed E-state index contributed by atoms with van der Waals surface area (Å²) >= 11 is 7.26. The third-order valence-corrected chi connectivity index (χ3v) is 12.2. The van der Waals surface area contributed by atoms with E-state index in [0.717, 1.165) is 41.8 Å². The Hall–Kier alpha value is -1.02. The van der Waals surface area contributed by atoms with Crippen molar-refractivity contribution in [3.8, 4) is 0 Å².